The third kappa shape index (κ3) is 4.29. The van der Waals surface area contributed by atoms with Gasteiger partial charge < -0.3 is 0 Å². The molecule has 1 aromatic heterocycles. The van der Waals surface area contributed by atoms with E-state index in [1.165, 1.54) is 60.8 Å². The Bertz CT molecular complexity index is 2370. The van der Waals surface area contributed by atoms with Crippen LogP contribution in [0.4, 0.5) is 0 Å². The lowest BCUT2D eigenvalue weighted by atomic mass is 9.89. The molecule has 0 spiro atoms. The van der Waals surface area contributed by atoms with Gasteiger partial charge in [-0.25, -0.2) is 4.98 Å². The SMILES string of the molecule is c1ccc(-c2ccc(-c3ccccc3-c3cccc(-c4ccc5c6c(cccc46)-c4ccccc4-5)c3)c(-c3ccccc3)n2)cc1. The normalized spacial score (nSPS) is 11.5. The fourth-order valence-electron chi connectivity index (χ4n) is 7.15. The number of hydrogen-bond donors (Lipinski definition) is 0. The van der Waals surface area contributed by atoms with Crippen LogP contribution in [0.1, 0.15) is 0 Å². The monoisotopic (exact) mass is 583 g/mol. The van der Waals surface area contributed by atoms with E-state index in [2.05, 4.69) is 170 Å². The van der Waals surface area contributed by atoms with E-state index >= 15 is 0 Å². The molecule has 9 rings (SSSR count). The second-order valence-electron chi connectivity index (χ2n) is 11.9. The predicted octanol–water partition coefficient (Wildman–Crippen LogP) is 12.2. The van der Waals surface area contributed by atoms with Crippen LogP contribution in [0.3, 0.4) is 0 Å². The highest BCUT2D eigenvalue weighted by atomic mass is 14.7. The van der Waals surface area contributed by atoms with E-state index in [9.17, 15) is 0 Å². The molecule has 0 saturated carbocycles. The summed E-state index contributed by atoms with van der Waals surface area (Å²) in [7, 11) is 0. The predicted molar refractivity (Wildman–Crippen MR) is 193 cm³/mol. The molecule has 0 fully saturated rings. The van der Waals surface area contributed by atoms with Gasteiger partial charge in [-0.05, 0) is 79.0 Å². The van der Waals surface area contributed by atoms with E-state index in [1.807, 2.05) is 6.07 Å². The topological polar surface area (TPSA) is 12.9 Å². The molecule has 8 aromatic rings. The first-order valence-electron chi connectivity index (χ1n) is 15.8. The van der Waals surface area contributed by atoms with Crippen LogP contribution in [0.25, 0.3) is 88.9 Å². The molecule has 0 saturated heterocycles. The van der Waals surface area contributed by atoms with Crippen molar-refractivity contribution in [2.24, 2.45) is 0 Å². The Morgan fingerprint density at radius 1 is 0.283 bits per heavy atom. The summed E-state index contributed by atoms with van der Waals surface area (Å²) < 4.78 is 0. The molecule has 1 heterocycles. The molecule has 1 heteroatoms. The van der Waals surface area contributed by atoms with Gasteiger partial charge in [0.2, 0.25) is 0 Å². The van der Waals surface area contributed by atoms with Crippen molar-refractivity contribution in [1.82, 2.24) is 4.98 Å². The number of aromatic nitrogens is 1. The van der Waals surface area contributed by atoms with Crippen LogP contribution < -0.4 is 0 Å². The van der Waals surface area contributed by atoms with Crippen LogP contribution in [0.2, 0.25) is 0 Å². The smallest absolute Gasteiger partial charge is 0.0788 e. The van der Waals surface area contributed by atoms with Crippen molar-refractivity contribution in [1.29, 1.82) is 0 Å². The number of fused-ring (bicyclic) bond motifs is 3. The van der Waals surface area contributed by atoms with Crippen LogP contribution in [0.15, 0.2) is 176 Å². The minimum absolute atomic E-state index is 0.969. The second kappa shape index (κ2) is 10.8. The first kappa shape index (κ1) is 26.4. The molecule has 0 unspecified atom stereocenters. The van der Waals surface area contributed by atoms with E-state index in [4.69, 9.17) is 4.98 Å². The van der Waals surface area contributed by atoms with Gasteiger partial charge >= 0.3 is 0 Å². The number of pyridine rings is 1. The van der Waals surface area contributed by atoms with Crippen LogP contribution in [0.5, 0.6) is 0 Å². The Balaban J connectivity index is 1.19. The number of hydrogen-bond acceptors (Lipinski definition) is 1. The maximum atomic E-state index is 5.26. The zero-order valence-corrected chi connectivity index (χ0v) is 25.2. The van der Waals surface area contributed by atoms with Crippen LogP contribution in [-0.2, 0) is 0 Å². The largest absolute Gasteiger partial charge is 0.247 e. The lowest BCUT2D eigenvalue weighted by Crippen LogP contribution is -1.94. The Labute approximate surface area is 269 Å². The molecule has 0 N–H and O–H groups in total. The van der Waals surface area contributed by atoms with Gasteiger partial charge in [0.15, 0.2) is 0 Å². The zero-order valence-electron chi connectivity index (χ0n) is 25.2. The summed E-state index contributed by atoms with van der Waals surface area (Å²) in [5.41, 5.74) is 16.6. The van der Waals surface area contributed by atoms with Gasteiger partial charge in [0, 0.05) is 16.7 Å². The number of rotatable bonds is 5. The van der Waals surface area contributed by atoms with Gasteiger partial charge in [-0.15, -0.1) is 0 Å². The van der Waals surface area contributed by atoms with Gasteiger partial charge in [-0.2, -0.15) is 0 Å². The van der Waals surface area contributed by atoms with Crippen molar-refractivity contribution >= 4 is 10.8 Å². The molecule has 0 bridgehead atoms. The fourth-order valence-corrected chi connectivity index (χ4v) is 7.15. The van der Waals surface area contributed by atoms with E-state index in [0.29, 0.717) is 0 Å². The van der Waals surface area contributed by atoms with Crippen LogP contribution in [0, 0.1) is 0 Å². The average Bonchev–Trinajstić information content (AvgIpc) is 3.47. The molecule has 0 amide bonds. The Morgan fingerprint density at radius 2 is 0.761 bits per heavy atom. The lowest BCUT2D eigenvalue weighted by molar-refractivity contribution is 1.32. The fraction of sp³-hybridized carbons (Fsp3) is 0. The van der Waals surface area contributed by atoms with Crippen molar-refractivity contribution in [3.8, 4) is 78.1 Å². The molecule has 0 radical (unpaired) electrons. The molecule has 1 aliphatic carbocycles. The summed E-state index contributed by atoms with van der Waals surface area (Å²) in [5.74, 6) is 0. The molecule has 214 valence electrons. The standard InChI is InChI=1S/C45H29N/c1-3-13-30(14-4-1)43-28-27-42(45(46-43)31-15-5-2-6-16-31)36-20-8-7-19-34(36)32-17-11-18-33(29-32)35-25-26-41-38-22-10-9-21-37(38)40-24-12-23-39(35)44(40)41/h1-29H. The van der Waals surface area contributed by atoms with Crippen molar-refractivity contribution in [3.63, 3.8) is 0 Å². The molecule has 7 aromatic carbocycles. The Hall–Kier alpha value is -6.05. The molecular formula is C45H29N. The molecule has 46 heavy (non-hydrogen) atoms. The van der Waals surface area contributed by atoms with Crippen molar-refractivity contribution in [2.75, 3.05) is 0 Å². The first-order chi connectivity index (χ1) is 22.8. The summed E-state index contributed by atoms with van der Waals surface area (Å²) >= 11 is 0. The van der Waals surface area contributed by atoms with Crippen molar-refractivity contribution in [2.45, 2.75) is 0 Å². The zero-order chi connectivity index (χ0) is 30.5. The van der Waals surface area contributed by atoms with Crippen LogP contribution in [-0.4, -0.2) is 4.98 Å². The number of benzene rings is 7. The maximum absolute atomic E-state index is 5.26. The quantitative estimate of drug-likeness (QED) is 0.196. The third-order valence-electron chi connectivity index (χ3n) is 9.26. The third-order valence-corrected chi connectivity index (χ3v) is 9.26. The van der Waals surface area contributed by atoms with E-state index in [-0.39, 0.29) is 0 Å². The van der Waals surface area contributed by atoms with Gasteiger partial charge in [0.25, 0.3) is 0 Å². The first-order valence-corrected chi connectivity index (χ1v) is 15.8. The Kier molecular flexibility index (Phi) is 6.21. The molecule has 1 nitrogen and oxygen atoms in total. The molecule has 0 aliphatic heterocycles. The van der Waals surface area contributed by atoms with E-state index < -0.39 is 0 Å². The highest BCUT2D eigenvalue weighted by molar-refractivity contribution is 6.18. The lowest BCUT2D eigenvalue weighted by Gasteiger charge is -2.16. The van der Waals surface area contributed by atoms with E-state index in [0.717, 1.165) is 28.1 Å². The second-order valence-corrected chi connectivity index (χ2v) is 11.9. The Morgan fingerprint density at radius 3 is 1.48 bits per heavy atom. The summed E-state index contributed by atoms with van der Waals surface area (Å²) in [6.45, 7) is 0. The highest BCUT2D eigenvalue weighted by Crippen LogP contribution is 2.49. The van der Waals surface area contributed by atoms with E-state index in [1.54, 1.807) is 0 Å². The molecule has 1 aliphatic rings. The minimum Gasteiger partial charge on any atom is -0.247 e. The minimum atomic E-state index is 0.969. The summed E-state index contributed by atoms with van der Waals surface area (Å²) in [5, 5.41) is 2.65. The summed E-state index contributed by atoms with van der Waals surface area (Å²) in [4.78, 5) is 5.26. The van der Waals surface area contributed by atoms with Gasteiger partial charge in [0.1, 0.15) is 0 Å². The number of nitrogens with zero attached hydrogens (tertiary/aromatic N) is 1. The molecule has 0 atom stereocenters. The van der Waals surface area contributed by atoms with Crippen LogP contribution >= 0.6 is 0 Å². The van der Waals surface area contributed by atoms with Gasteiger partial charge in [-0.1, -0.05) is 158 Å². The average molecular weight is 584 g/mol. The highest BCUT2D eigenvalue weighted by Gasteiger charge is 2.22. The summed E-state index contributed by atoms with van der Waals surface area (Å²) in [6.07, 6.45) is 0. The summed E-state index contributed by atoms with van der Waals surface area (Å²) in [6, 6.07) is 63.2. The maximum Gasteiger partial charge on any atom is 0.0788 e. The molecular weight excluding hydrogens is 555 g/mol. The van der Waals surface area contributed by atoms with Crippen molar-refractivity contribution < 1.29 is 0 Å². The van der Waals surface area contributed by atoms with Gasteiger partial charge in [-0.3, -0.25) is 0 Å². The van der Waals surface area contributed by atoms with Gasteiger partial charge in [0.05, 0.1) is 11.4 Å². The van der Waals surface area contributed by atoms with Crippen molar-refractivity contribution in [3.05, 3.63) is 176 Å².